The van der Waals surface area contributed by atoms with Crippen molar-refractivity contribution in [3.05, 3.63) is 0 Å². The highest BCUT2D eigenvalue weighted by atomic mass is 15.3. The van der Waals surface area contributed by atoms with Gasteiger partial charge in [0.05, 0.1) is 0 Å². The van der Waals surface area contributed by atoms with E-state index in [1.54, 1.807) is 0 Å². The first kappa shape index (κ1) is 5.60. The topological polar surface area (TPSA) is 24.4 Å². The molecular weight excluding hydrogens is 100 g/mol. The molecule has 1 heterocycles. The van der Waals surface area contributed by atoms with E-state index in [2.05, 4.69) is 24.4 Å². The van der Waals surface area contributed by atoms with Crippen LogP contribution >= 0.6 is 0 Å². The van der Waals surface area contributed by atoms with Crippen LogP contribution in [0.3, 0.4) is 0 Å². The van der Waals surface area contributed by atoms with Crippen LogP contribution in [0.4, 0.5) is 0 Å². The van der Waals surface area contributed by atoms with Crippen molar-refractivity contribution in [2.75, 3.05) is 6.54 Å². The molecule has 0 aliphatic carbocycles. The zero-order chi connectivity index (χ0) is 5.98. The summed E-state index contributed by atoms with van der Waals surface area (Å²) in [5.74, 6) is 1.39. The second kappa shape index (κ2) is 2.16. The molecule has 0 saturated carbocycles. The highest BCUT2D eigenvalue weighted by molar-refractivity contribution is 5.60. The van der Waals surface area contributed by atoms with Gasteiger partial charge in [-0.3, -0.25) is 0 Å². The number of nitrogens with one attached hydrogen (secondary N) is 1. The molecule has 2 atom stereocenters. The van der Waals surface area contributed by atoms with Gasteiger partial charge in [-0.2, -0.15) is 5.10 Å². The Morgan fingerprint density at radius 1 is 1.62 bits per heavy atom. The Bertz CT molecular complexity index is 98.7. The summed E-state index contributed by atoms with van der Waals surface area (Å²) in [4.78, 5) is 0. The minimum atomic E-state index is 0.649. The third-order valence-corrected chi connectivity index (χ3v) is 1.71. The first-order valence-corrected chi connectivity index (χ1v) is 3.06. The van der Waals surface area contributed by atoms with Gasteiger partial charge in [0.25, 0.3) is 0 Å². The van der Waals surface area contributed by atoms with E-state index < -0.39 is 0 Å². The van der Waals surface area contributed by atoms with E-state index in [-0.39, 0.29) is 0 Å². The molecule has 46 valence electrons. The van der Waals surface area contributed by atoms with Crippen LogP contribution in [0.15, 0.2) is 5.10 Å². The molecule has 0 spiro atoms. The lowest BCUT2D eigenvalue weighted by molar-refractivity contribution is 0.431. The van der Waals surface area contributed by atoms with Gasteiger partial charge in [0.2, 0.25) is 0 Å². The maximum absolute atomic E-state index is 3.93. The summed E-state index contributed by atoms with van der Waals surface area (Å²) in [6.45, 7) is 5.44. The van der Waals surface area contributed by atoms with Gasteiger partial charge in [0.15, 0.2) is 0 Å². The van der Waals surface area contributed by atoms with Crippen LogP contribution in [0, 0.1) is 11.8 Å². The second-order valence-corrected chi connectivity index (χ2v) is 2.48. The molecule has 1 N–H and O–H groups in total. The number of hydrazone groups is 1. The summed E-state index contributed by atoms with van der Waals surface area (Å²) >= 11 is 0. The van der Waals surface area contributed by atoms with E-state index in [9.17, 15) is 0 Å². The Balaban J connectivity index is 2.47. The van der Waals surface area contributed by atoms with Crippen molar-refractivity contribution in [2.24, 2.45) is 16.9 Å². The normalized spacial score (nSPS) is 36.8. The standard InChI is InChI=1S/C6H12N2/c1-5-3-7-8-4-6(5)2/h3,5-6,8H,4H2,1-2H3/t5-,6+/m1/s1. The lowest BCUT2D eigenvalue weighted by atomic mass is 9.97. The highest BCUT2D eigenvalue weighted by Gasteiger charge is 2.11. The smallest absolute Gasteiger partial charge is 0.0361 e. The molecule has 2 heteroatoms. The van der Waals surface area contributed by atoms with Crippen molar-refractivity contribution in [1.82, 2.24) is 5.43 Å². The molecular formula is C6H12N2. The Morgan fingerprint density at radius 3 is 2.75 bits per heavy atom. The third kappa shape index (κ3) is 0.997. The van der Waals surface area contributed by atoms with Gasteiger partial charge in [0.1, 0.15) is 0 Å². The van der Waals surface area contributed by atoms with E-state index in [4.69, 9.17) is 0 Å². The summed E-state index contributed by atoms with van der Waals surface area (Å²) in [5, 5.41) is 3.93. The monoisotopic (exact) mass is 112 g/mol. The Morgan fingerprint density at radius 2 is 2.38 bits per heavy atom. The number of rotatable bonds is 0. The lowest BCUT2D eigenvalue weighted by Crippen LogP contribution is -2.27. The minimum Gasteiger partial charge on any atom is -0.310 e. The van der Waals surface area contributed by atoms with Crippen molar-refractivity contribution in [3.8, 4) is 0 Å². The SMILES string of the molecule is C[C@@H]1C=NNC[C@@H]1C. The van der Waals surface area contributed by atoms with Gasteiger partial charge in [-0.05, 0) is 11.8 Å². The zero-order valence-corrected chi connectivity index (χ0v) is 5.39. The molecule has 0 radical (unpaired) electrons. The summed E-state index contributed by atoms with van der Waals surface area (Å²) in [6.07, 6.45) is 1.97. The molecule has 0 unspecified atom stereocenters. The fraction of sp³-hybridized carbons (Fsp3) is 0.833. The van der Waals surface area contributed by atoms with E-state index in [1.807, 2.05) is 6.21 Å². The summed E-state index contributed by atoms with van der Waals surface area (Å²) in [6, 6.07) is 0. The predicted octanol–water partition coefficient (Wildman–Crippen LogP) is 0.848. The number of hydrogen-bond donors (Lipinski definition) is 1. The maximum Gasteiger partial charge on any atom is 0.0361 e. The first-order chi connectivity index (χ1) is 3.80. The molecule has 1 aliphatic heterocycles. The maximum atomic E-state index is 3.93. The average molecular weight is 112 g/mol. The van der Waals surface area contributed by atoms with E-state index in [0.717, 1.165) is 12.5 Å². The molecule has 1 rings (SSSR count). The molecule has 0 bridgehead atoms. The van der Waals surface area contributed by atoms with Gasteiger partial charge in [-0.1, -0.05) is 13.8 Å². The van der Waals surface area contributed by atoms with Crippen LogP contribution < -0.4 is 5.43 Å². The van der Waals surface area contributed by atoms with Crippen LogP contribution in [0.1, 0.15) is 13.8 Å². The molecule has 0 saturated heterocycles. The van der Waals surface area contributed by atoms with Crippen LogP contribution in [0.25, 0.3) is 0 Å². The average Bonchev–Trinajstić information content (AvgIpc) is 1.77. The fourth-order valence-electron chi connectivity index (χ4n) is 0.700. The summed E-state index contributed by atoms with van der Waals surface area (Å²) in [5.41, 5.74) is 2.93. The summed E-state index contributed by atoms with van der Waals surface area (Å²) < 4.78 is 0. The molecule has 0 amide bonds. The lowest BCUT2D eigenvalue weighted by Gasteiger charge is -2.19. The predicted molar refractivity (Wildman–Crippen MR) is 34.8 cm³/mol. The zero-order valence-electron chi connectivity index (χ0n) is 5.39. The van der Waals surface area contributed by atoms with Crippen molar-refractivity contribution < 1.29 is 0 Å². The Kier molecular flexibility index (Phi) is 1.51. The second-order valence-electron chi connectivity index (χ2n) is 2.48. The number of nitrogens with zero attached hydrogens (tertiary/aromatic N) is 1. The quantitative estimate of drug-likeness (QED) is 0.493. The molecule has 1 aliphatic rings. The van der Waals surface area contributed by atoms with Gasteiger partial charge in [0, 0.05) is 12.8 Å². The van der Waals surface area contributed by atoms with Crippen molar-refractivity contribution >= 4 is 6.21 Å². The van der Waals surface area contributed by atoms with Crippen molar-refractivity contribution in [3.63, 3.8) is 0 Å². The minimum absolute atomic E-state index is 0.649. The highest BCUT2D eigenvalue weighted by Crippen LogP contribution is 2.09. The van der Waals surface area contributed by atoms with Crippen molar-refractivity contribution in [1.29, 1.82) is 0 Å². The van der Waals surface area contributed by atoms with Crippen LogP contribution in [0.5, 0.6) is 0 Å². The molecule has 0 aromatic rings. The molecule has 0 fully saturated rings. The molecule has 2 nitrogen and oxygen atoms in total. The van der Waals surface area contributed by atoms with Gasteiger partial charge in [-0.25, -0.2) is 0 Å². The summed E-state index contributed by atoms with van der Waals surface area (Å²) in [7, 11) is 0. The van der Waals surface area contributed by atoms with Gasteiger partial charge in [-0.15, -0.1) is 0 Å². The first-order valence-electron chi connectivity index (χ1n) is 3.06. The van der Waals surface area contributed by atoms with Gasteiger partial charge < -0.3 is 5.43 Å². The van der Waals surface area contributed by atoms with Crippen LogP contribution in [0.2, 0.25) is 0 Å². The largest absolute Gasteiger partial charge is 0.310 e. The van der Waals surface area contributed by atoms with E-state index >= 15 is 0 Å². The van der Waals surface area contributed by atoms with Crippen LogP contribution in [-0.2, 0) is 0 Å². The third-order valence-electron chi connectivity index (χ3n) is 1.71. The van der Waals surface area contributed by atoms with E-state index in [0.29, 0.717) is 5.92 Å². The van der Waals surface area contributed by atoms with E-state index in [1.165, 1.54) is 0 Å². The fourth-order valence-corrected chi connectivity index (χ4v) is 0.700. The molecule has 0 aromatic carbocycles. The Hall–Kier alpha value is -0.530. The number of hydrogen-bond acceptors (Lipinski definition) is 2. The Labute approximate surface area is 50.0 Å². The molecule has 8 heavy (non-hydrogen) atoms. The van der Waals surface area contributed by atoms with Crippen LogP contribution in [-0.4, -0.2) is 12.8 Å². The van der Waals surface area contributed by atoms with Gasteiger partial charge >= 0.3 is 0 Å². The van der Waals surface area contributed by atoms with Crippen molar-refractivity contribution in [2.45, 2.75) is 13.8 Å². The molecule has 0 aromatic heterocycles.